The lowest BCUT2D eigenvalue weighted by atomic mass is 10.2. The highest BCUT2D eigenvalue weighted by Crippen LogP contribution is 2.23. The van der Waals surface area contributed by atoms with E-state index in [0.717, 1.165) is 27.4 Å². The molecule has 2 aromatic heterocycles. The second-order valence-corrected chi connectivity index (χ2v) is 4.81. The van der Waals surface area contributed by atoms with Gasteiger partial charge in [-0.05, 0) is 36.4 Å². The van der Waals surface area contributed by atoms with Crippen molar-refractivity contribution in [2.75, 3.05) is 0 Å². The quantitative estimate of drug-likeness (QED) is 0.725. The zero-order chi connectivity index (χ0) is 13.2. The number of hydrogen-bond acceptors (Lipinski definition) is 2. The molecule has 0 aliphatic carbocycles. The molecule has 0 unspecified atom stereocenters. The van der Waals surface area contributed by atoms with E-state index in [1.54, 1.807) is 12.4 Å². The second-order valence-electron chi connectivity index (χ2n) is 4.38. The maximum atomic E-state index is 6.00. The van der Waals surface area contributed by atoms with Crippen molar-refractivity contribution >= 4 is 22.5 Å². The lowest BCUT2D eigenvalue weighted by molar-refractivity contribution is 0.296. The van der Waals surface area contributed by atoms with Crippen molar-refractivity contribution in [1.29, 1.82) is 0 Å². The first-order valence-corrected chi connectivity index (χ1v) is 6.38. The number of aromatic nitrogens is 2. The van der Waals surface area contributed by atoms with E-state index in [0.29, 0.717) is 6.61 Å². The molecular weight excluding hydrogens is 260 g/mol. The second kappa shape index (κ2) is 4.94. The van der Waals surface area contributed by atoms with Crippen LogP contribution in [0.2, 0.25) is 5.02 Å². The van der Waals surface area contributed by atoms with Gasteiger partial charge in [0.15, 0.2) is 0 Å². The Balaban J connectivity index is 1.87. The molecule has 0 spiro atoms. The molecular formula is C15H13ClN2O. The molecule has 3 nitrogen and oxygen atoms in total. The van der Waals surface area contributed by atoms with E-state index in [1.807, 2.05) is 37.4 Å². The van der Waals surface area contributed by atoms with Gasteiger partial charge in [0.25, 0.3) is 0 Å². The third-order valence-corrected chi connectivity index (χ3v) is 3.36. The Bertz CT molecular complexity index is 707. The predicted molar refractivity (Wildman–Crippen MR) is 76.5 cm³/mol. The van der Waals surface area contributed by atoms with Crippen molar-refractivity contribution in [2.24, 2.45) is 7.05 Å². The van der Waals surface area contributed by atoms with Gasteiger partial charge in [0.1, 0.15) is 12.4 Å². The average molecular weight is 273 g/mol. The van der Waals surface area contributed by atoms with Gasteiger partial charge in [0.2, 0.25) is 0 Å². The molecule has 0 saturated carbocycles. The zero-order valence-electron chi connectivity index (χ0n) is 10.5. The van der Waals surface area contributed by atoms with Crippen molar-refractivity contribution in [3.05, 3.63) is 59.5 Å². The summed E-state index contributed by atoms with van der Waals surface area (Å²) in [5, 5.41) is 1.87. The van der Waals surface area contributed by atoms with E-state index in [4.69, 9.17) is 16.3 Å². The number of pyridine rings is 1. The fourth-order valence-electron chi connectivity index (χ4n) is 2.11. The first kappa shape index (κ1) is 12.1. The van der Waals surface area contributed by atoms with Gasteiger partial charge < -0.3 is 9.30 Å². The predicted octanol–water partition coefficient (Wildman–Crippen LogP) is 3.81. The van der Waals surface area contributed by atoms with Gasteiger partial charge in [-0.1, -0.05) is 11.6 Å². The van der Waals surface area contributed by atoms with Gasteiger partial charge in [-0.25, -0.2) is 0 Å². The van der Waals surface area contributed by atoms with E-state index < -0.39 is 0 Å². The van der Waals surface area contributed by atoms with Crippen LogP contribution >= 0.6 is 11.6 Å². The molecule has 0 N–H and O–H groups in total. The Morgan fingerprint density at radius 1 is 1.26 bits per heavy atom. The average Bonchev–Trinajstić information content (AvgIpc) is 2.74. The van der Waals surface area contributed by atoms with Crippen molar-refractivity contribution in [3.8, 4) is 5.75 Å². The molecule has 0 radical (unpaired) electrons. The van der Waals surface area contributed by atoms with Gasteiger partial charge >= 0.3 is 0 Å². The third kappa shape index (κ3) is 2.42. The lowest BCUT2D eigenvalue weighted by Gasteiger charge is -2.06. The van der Waals surface area contributed by atoms with E-state index in [1.165, 1.54) is 0 Å². The number of rotatable bonds is 3. The number of fused-ring (bicyclic) bond motifs is 1. The molecule has 1 aromatic carbocycles. The Morgan fingerprint density at radius 3 is 2.95 bits per heavy atom. The first-order chi connectivity index (χ1) is 9.24. The SMILES string of the molecule is Cn1c(COc2cccnc2)cc2cc(Cl)ccc21. The number of hydrogen-bond donors (Lipinski definition) is 0. The minimum Gasteiger partial charge on any atom is -0.486 e. The molecule has 0 saturated heterocycles. The van der Waals surface area contributed by atoms with Crippen LogP contribution in [0.15, 0.2) is 48.8 Å². The van der Waals surface area contributed by atoms with Gasteiger partial charge in [0.05, 0.1) is 11.9 Å². The summed E-state index contributed by atoms with van der Waals surface area (Å²) >= 11 is 6.00. The number of halogens is 1. The van der Waals surface area contributed by atoms with Gasteiger partial charge in [-0.2, -0.15) is 0 Å². The van der Waals surface area contributed by atoms with E-state index in [2.05, 4.69) is 15.6 Å². The van der Waals surface area contributed by atoms with Crippen LogP contribution in [-0.2, 0) is 13.7 Å². The van der Waals surface area contributed by atoms with Crippen molar-refractivity contribution in [1.82, 2.24) is 9.55 Å². The number of nitrogens with zero attached hydrogens (tertiary/aromatic N) is 2. The van der Waals surface area contributed by atoms with Crippen molar-refractivity contribution in [2.45, 2.75) is 6.61 Å². The number of ether oxygens (including phenoxy) is 1. The van der Waals surface area contributed by atoms with Gasteiger partial charge in [-0.3, -0.25) is 4.98 Å². The summed E-state index contributed by atoms with van der Waals surface area (Å²) in [6.45, 7) is 0.508. The summed E-state index contributed by atoms with van der Waals surface area (Å²) < 4.78 is 7.83. The normalized spacial score (nSPS) is 10.8. The molecule has 0 bridgehead atoms. The highest BCUT2D eigenvalue weighted by Gasteiger charge is 2.06. The Labute approximate surface area is 116 Å². The fourth-order valence-corrected chi connectivity index (χ4v) is 2.29. The van der Waals surface area contributed by atoms with Crippen LogP contribution in [0.1, 0.15) is 5.69 Å². The van der Waals surface area contributed by atoms with Crippen molar-refractivity contribution in [3.63, 3.8) is 0 Å². The van der Waals surface area contributed by atoms with Gasteiger partial charge in [-0.15, -0.1) is 0 Å². The third-order valence-electron chi connectivity index (χ3n) is 3.12. The topological polar surface area (TPSA) is 27.1 Å². The summed E-state index contributed by atoms with van der Waals surface area (Å²) in [6, 6.07) is 11.7. The Hall–Kier alpha value is -2.00. The van der Waals surface area contributed by atoms with Crippen LogP contribution in [0, 0.1) is 0 Å². The molecule has 19 heavy (non-hydrogen) atoms. The maximum absolute atomic E-state index is 6.00. The van der Waals surface area contributed by atoms with Crippen LogP contribution in [-0.4, -0.2) is 9.55 Å². The Kier molecular flexibility index (Phi) is 3.13. The lowest BCUT2D eigenvalue weighted by Crippen LogP contribution is -2.01. The minimum atomic E-state index is 0.508. The van der Waals surface area contributed by atoms with Gasteiger partial charge in [0, 0.05) is 29.2 Å². The highest BCUT2D eigenvalue weighted by molar-refractivity contribution is 6.31. The smallest absolute Gasteiger partial charge is 0.138 e. The first-order valence-electron chi connectivity index (χ1n) is 6.01. The molecule has 96 valence electrons. The Morgan fingerprint density at radius 2 is 2.16 bits per heavy atom. The van der Waals surface area contributed by atoms with Crippen LogP contribution in [0.3, 0.4) is 0 Å². The summed E-state index contributed by atoms with van der Waals surface area (Å²) in [7, 11) is 2.03. The molecule has 4 heteroatoms. The molecule has 0 fully saturated rings. The standard InChI is InChI=1S/C15H13ClN2O/c1-18-13(10-19-14-3-2-6-17-9-14)8-11-7-12(16)4-5-15(11)18/h2-9H,10H2,1H3. The van der Waals surface area contributed by atoms with Crippen LogP contribution < -0.4 is 4.74 Å². The molecule has 0 aliphatic heterocycles. The largest absolute Gasteiger partial charge is 0.486 e. The molecule has 3 aromatic rings. The summed E-state index contributed by atoms with van der Waals surface area (Å²) in [6.07, 6.45) is 3.44. The number of benzene rings is 1. The summed E-state index contributed by atoms with van der Waals surface area (Å²) in [5.74, 6) is 0.769. The molecule has 0 atom stereocenters. The highest BCUT2D eigenvalue weighted by atomic mass is 35.5. The summed E-state index contributed by atoms with van der Waals surface area (Å²) in [5.41, 5.74) is 2.25. The van der Waals surface area contributed by atoms with E-state index in [9.17, 15) is 0 Å². The molecule has 2 heterocycles. The molecule has 0 amide bonds. The minimum absolute atomic E-state index is 0.508. The molecule has 3 rings (SSSR count). The van der Waals surface area contributed by atoms with Crippen molar-refractivity contribution < 1.29 is 4.74 Å². The number of aryl methyl sites for hydroxylation is 1. The molecule has 0 aliphatic rings. The van der Waals surface area contributed by atoms with E-state index >= 15 is 0 Å². The summed E-state index contributed by atoms with van der Waals surface area (Å²) in [4.78, 5) is 4.02. The van der Waals surface area contributed by atoms with Crippen LogP contribution in [0.5, 0.6) is 5.75 Å². The zero-order valence-corrected chi connectivity index (χ0v) is 11.3. The van der Waals surface area contributed by atoms with E-state index in [-0.39, 0.29) is 0 Å². The maximum Gasteiger partial charge on any atom is 0.138 e. The monoisotopic (exact) mass is 272 g/mol. The van der Waals surface area contributed by atoms with Crippen LogP contribution in [0.4, 0.5) is 0 Å². The fraction of sp³-hybridized carbons (Fsp3) is 0.133. The van der Waals surface area contributed by atoms with Crippen LogP contribution in [0.25, 0.3) is 10.9 Å².